The number of unbranched alkanes of at least 4 members (excludes halogenated alkanes) is 36. The Morgan fingerprint density at radius 3 is 0.943 bits per heavy atom. The SMILES string of the molecule is CC/C=C\C/C=C\C/C=C\C/C=C\C/C=C\CCCCCCCCCCCCCCCCCCCCCC(=O)OC(CO)COC(=O)CCCCCCCCCCC/C=C\CCCCCCCCCC. The monoisotopic (exact) mass is 977 g/mol. The molecule has 0 aliphatic carbocycles. The normalized spacial score (nSPS) is 12.7. The van der Waals surface area contributed by atoms with Crippen molar-refractivity contribution in [1.29, 1.82) is 0 Å². The predicted octanol–water partition coefficient (Wildman–Crippen LogP) is 20.8. The average Bonchev–Trinajstić information content (AvgIpc) is 3.36. The summed E-state index contributed by atoms with van der Waals surface area (Å²) >= 11 is 0. The third kappa shape index (κ3) is 57.9. The van der Waals surface area contributed by atoms with Gasteiger partial charge in [-0.15, -0.1) is 0 Å². The zero-order valence-electron chi connectivity index (χ0n) is 46.5. The Hall–Kier alpha value is -2.66. The summed E-state index contributed by atoms with van der Waals surface area (Å²) in [5, 5.41) is 9.67. The molecular formula is C65H116O5. The highest BCUT2D eigenvalue weighted by molar-refractivity contribution is 5.70. The van der Waals surface area contributed by atoms with Crippen LogP contribution in [-0.4, -0.2) is 36.4 Å². The van der Waals surface area contributed by atoms with Gasteiger partial charge in [0.25, 0.3) is 0 Å². The Morgan fingerprint density at radius 1 is 0.343 bits per heavy atom. The minimum absolute atomic E-state index is 0.0647. The number of carbonyl (C=O) groups excluding carboxylic acids is 2. The molecule has 0 radical (unpaired) electrons. The van der Waals surface area contributed by atoms with Crippen molar-refractivity contribution in [2.75, 3.05) is 13.2 Å². The van der Waals surface area contributed by atoms with E-state index in [0.29, 0.717) is 12.8 Å². The lowest BCUT2D eigenvalue weighted by Crippen LogP contribution is -2.28. The highest BCUT2D eigenvalue weighted by Crippen LogP contribution is 2.17. The van der Waals surface area contributed by atoms with Gasteiger partial charge in [0.15, 0.2) is 6.10 Å². The van der Waals surface area contributed by atoms with Gasteiger partial charge in [-0.2, -0.15) is 0 Å². The lowest BCUT2D eigenvalue weighted by atomic mass is 10.0. The van der Waals surface area contributed by atoms with E-state index in [1.165, 1.54) is 212 Å². The van der Waals surface area contributed by atoms with E-state index in [-0.39, 0.29) is 25.2 Å². The van der Waals surface area contributed by atoms with Gasteiger partial charge in [0.2, 0.25) is 0 Å². The van der Waals surface area contributed by atoms with Crippen LogP contribution in [0.5, 0.6) is 0 Å². The fourth-order valence-electron chi connectivity index (χ4n) is 8.93. The number of allylic oxidation sites excluding steroid dienone is 12. The maximum atomic E-state index is 12.3. The van der Waals surface area contributed by atoms with E-state index >= 15 is 0 Å². The molecule has 0 aliphatic heterocycles. The lowest BCUT2D eigenvalue weighted by molar-refractivity contribution is -0.161. The summed E-state index contributed by atoms with van der Waals surface area (Å²) in [6, 6.07) is 0. The van der Waals surface area contributed by atoms with Crippen LogP contribution in [0.25, 0.3) is 0 Å². The summed E-state index contributed by atoms with van der Waals surface area (Å²) < 4.78 is 10.7. The van der Waals surface area contributed by atoms with Gasteiger partial charge in [0.05, 0.1) is 6.61 Å². The van der Waals surface area contributed by atoms with Crippen LogP contribution in [-0.2, 0) is 19.1 Å². The lowest BCUT2D eigenvalue weighted by Gasteiger charge is -2.15. The fourth-order valence-corrected chi connectivity index (χ4v) is 8.93. The van der Waals surface area contributed by atoms with Crippen molar-refractivity contribution in [3.63, 3.8) is 0 Å². The van der Waals surface area contributed by atoms with E-state index in [9.17, 15) is 14.7 Å². The van der Waals surface area contributed by atoms with E-state index < -0.39 is 6.10 Å². The van der Waals surface area contributed by atoms with Crippen molar-refractivity contribution in [2.45, 2.75) is 315 Å². The van der Waals surface area contributed by atoms with Gasteiger partial charge in [-0.1, -0.05) is 286 Å². The topological polar surface area (TPSA) is 72.8 Å². The molecule has 0 aromatic heterocycles. The molecule has 0 aliphatic rings. The fraction of sp³-hybridized carbons (Fsp3) is 0.785. The molecule has 0 heterocycles. The molecule has 1 N–H and O–H groups in total. The van der Waals surface area contributed by atoms with E-state index in [4.69, 9.17) is 9.47 Å². The van der Waals surface area contributed by atoms with Gasteiger partial charge in [0, 0.05) is 12.8 Å². The van der Waals surface area contributed by atoms with Crippen LogP contribution >= 0.6 is 0 Å². The minimum Gasteiger partial charge on any atom is -0.462 e. The first-order chi connectivity index (χ1) is 34.6. The highest BCUT2D eigenvalue weighted by atomic mass is 16.6. The van der Waals surface area contributed by atoms with Crippen LogP contribution in [0.2, 0.25) is 0 Å². The van der Waals surface area contributed by atoms with Crippen LogP contribution in [0.15, 0.2) is 72.9 Å². The number of hydrogen-bond donors (Lipinski definition) is 1. The number of aliphatic hydroxyl groups is 1. The van der Waals surface area contributed by atoms with Crippen molar-refractivity contribution in [2.24, 2.45) is 0 Å². The second-order valence-electron chi connectivity index (χ2n) is 20.4. The zero-order chi connectivity index (χ0) is 50.6. The molecule has 0 fully saturated rings. The van der Waals surface area contributed by atoms with Gasteiger partial charge in [-0.3, -0.25) is 9.59 Å². The quantitative estimate of drug-likeness (QED) is 0.0373. The Labute approximate surface area is 435 Å². The zero-order valence-corrected chi connectivity index (χ0v) is 46.5. The van der Waals surface area contributed by atoms with Crippen molar-refractivity contribution < 1.29 is 24.2 Å². The number of ether oxygens (including phenoxy) is 2. The van der Waals surface area contributed by atoms with Crippen LogP contribution in [0.1, 0.15) is 309 Å². The molecule has 70 heavy (non-hydrogen) atoms. The number of carbonyl (C=O) groups is 2. The molecule has 5 heteroatoms. The summed E-state index contributed by atoms with van der Waals surface area (Å²) in [7, 11) is 0. The number of hydrogen-bond acceptors (Lipinski definition) is 5. The molecule has 0 rings (SSSR count). The third-order valence-corrected chi connectivity index (χ3v) is 13.5. The van der Waals surface area contributed by atoms with Crippen molar-refractivity contribution >= 4 is 11.9 Å². The first-order valence-corrected chi connectivity index (χ1v) is 30.5. The number of rotatable bonds is 56. The predicted molar refractivity (Wildman–Crippen MR) is 306 cm³/mol. The standard InChI is InChI=1S/C65H116O5/c1-3-5-7-9-11-13-15-17-19-21-23-25-26-27-28-29-30-31-32-33-34-35-36-37-38-40-42-44-46-48-50-52-54-56-58-60-65(68)70-63(61-66)62-69-64(67)59-57-55-53-51-49-47-45-43-41-39-24-22-20-18-16-14-12-10-8-6-4-2/h5,7,11,13,17,19,22-25,27-28,63,66H,3-4,6,8-10,12,14-16,18,20-21,26,29-62H2,1-2H3/b7-5-,13-11-,19-17-,24-22-,25-23-,28-27-. The maximum Gasteiger partial charge on any atom is 0.306 e. The summed E-state index contributed by atoms with van der Waals surface area (Å²) in [4.78, 5) is 24.6. The molecule has 0 aromatic rings. The van der Waals surface area contributed by atoms with Gasteiger partial charge in [-0.05, 0) is 83.5 Å². The third-order valence-electron chi connectivity index (χ3n) is 13.5. The Balaban J connectivity index is 3.44. The van der Waals surface area contributed by atoms with E-state index in [1.54, 1.807) is 0 Å². The largest absolute Gasteiger partial charge is 0.462 e. The number of aliphatic hydroxyl groups excluding tert-OH is 1. The molecule has 0 amide bonds. The van der Waals surface area contributed by atoms with E-state index in [2.05, 4.69) is 86.8 Å². The molecule has 5 nitrogen and oxygen atoms in total. The van der Waals surface area contributed by atoms with E-state index in [1.807, 2.05) is 0 Å². The minimum atomic E-state index is -0.774. The van der Waals surface area contributed by atoms with Gasteiger partial charge in [-0.25, -0.2) is 0 Å². The molecule has 0 aromatic carbocycles. The van der Waals surface area contributed by atoms with Gasteiger partial charge >= 0.3 is 11.9 Å². The average molecular weight is 978 g/mol. The first kappa shape index (κ1) is 67.3. The Kier molecular flexibility index (Phi) is 58.3. The smallest absolute Gasteiger partial charge is 0.306 e. The highest BCUT2D eigenvalue weighted by Gasteiger charge is 2.16. The van der Waals surface area contributed by atoms with Gasteiger partial charge in [0.1, 0.15) is 6.61 Å². The molecule has 1 unspecified atom stereocenters. The molecule has 0 bridgehead atoms. The molecular weight excluding hydrogens is 861 g/mol. The van der Waals surface area contributed by atoms with Crippen molar-refractivity contribution in [1.82, 2.24) is 0 Å². The Morgan fingerprint density at radius 2 is 0.614 bits per heavy atom. The van der Waals surface area contributed by atoms with Crippen molar-refractivity contribution in [3.05, 3.63) is 72.9 Å². The Bertz CT molecular complexity index is 1240. The van der Waals surface area contributed by atoms with Crippen LogP contribution in [0.3, 0.4) is 0 Å². The van der Waals surface area contributed by atoms with Crippen LogP contribution in [0, 0.1) is 0 Å². The molecule has 0 spiro atoms. The summed E-state index contributed by atoms with van der Waals surface area (Å²) in [5.41, 5.74) is 0. The van der Waals surface area contributed by atoms with Crippen molar-refractivity contribution in [3.8, 4) is 0 Å². The van der Waals surface area contributed by atoms with E-state index in [0.717, 1.165) is 70.6 Å². The molecule has 0 saturated carbocycles. The summed E-state index contributed by atoms with van der Waals surface area (Å²) in [6.45, 7) is 4.06. The number of esters is 2. The molecule has 1 atom stereocenters. The van der Waals surface area contributed by atoms with Crippen LogP contribution in [0.4, 0.5) is 0 Å². The second-order valence-corrected chi connectivity index (χ2v) is 20.4. The summed E-state index contributed by atoms with van der Waals surface area (Å²) in [6.07, 6.45) is 83.2. The summed E-state index contributed by atoms with van der Waals surface area (Å²) in [5.74, 6) is -0.580. The first-order valence-electron chi connectivity index (χ1n) is 30.5. The van der Waals surface area contributed by atoms with Crippen LogP contribution < -0.4 is 0 Å². The molecule has 0 saturated heterocycles. The van der Waals surface area contributed by atoms with Gasteiger partial charge < -0.3 is 14.6 Å². The molecule has 406 valence electrons. The second kappa shape index (κ2) is 60.6. The maximum absolute atomic E-state index is 12.3.